The van der Waals surface area contributed by atoms with Crippen LogP contribution in [0.15, 0.2) is 83.3 Å². The zero-order valence-electron chi connectivity index (χ0n) is 24.3. The number of carbonyl (C=O) groups excluding carboxylic acids is 1. The minimum Gasteiger partial charge on any atom is -0.489 e. The van der Waals surface area contributed by atoms with Crippen molar-refractivity contribution in [3.8, 4) is 11.8 Å². The van der Waals surface area contributed by atoms with Crippen LogP contribution in [0.1, 0.15) is 60.4 Å². The maximum absolute atomic E-state index is 14.2. The van der Waals surface area contributed by atoms with Crippen LogP contribution >= 0.6 is 0 Å². The zero-order valence-corrected chi connectivity index (χ0v) is 24.3. The number of nitrogens with zero attached hydrogens (tertiary/aromatic N) is 2. The SMILES string of the molecule is Cc1cc(C)c(C2C(C#N)=C(N)N(c3ccccc3C(F)(F)F)C3=C2C(=O)CC(C)(C)C3)cc1COc1ccc(F)cc1. The van der Waals surface area contributed by atoms with E-state index in [1.165, 1.54) is 47.4 Å². The predicted molar refractivity (Wildman–Crippen MR) is 155 cm³/mol. The van der Waals surface area contributed by atoms with Crippen molar-refractivity contribution in [2.24, 2.45) is 11.1 Å². The topological polar surface area (TPSA) is 79.4 Å². The number of nitrogens with two attached hydrogens (primary N) is 1. The molecule has 5 nitrogen and oxygen atoms in total. The van der Waals surface area contributed by atoms with Gasteiger partial charge >= 0.3 is 6.18 Å². The lowest BCUT2D eigenvalue weighted by molar-refractivity contribution is -0.137. The molecular weight excluding hydrogens is 558 g/mol. The highest BCUT2D eigenvalue weighted by Gasteiger charge is 2.46. The third kappa shape index (κ3) is 5.62. The molecule has 0 fully saturated rings. The standard InChI is InChI=1S/C34H31F4N3O2/c1-19-13-20(2)24(14-21(19)18-43-23-11-9-22(35)10-12-23)30-25(17-39)32(40)41(27-8-6-5-7-26(27)34(36,37)38)28-15-33(3,4)16-29(42)31(28)30/h5-14,30H,15-16,18,40H2,1-4H3. The number of halogens is 4. The van der Waals surface area contributed by atoms with E-state index in [0.717, 1.165) is 22.8 Å². The van der Waals surface area contributed by atoms with E-state index in [1.807, 2.05) is 39.8 Å². The molecule has 1 heterocycles. The van der Waals surface area contributed by atoms with Gasteiger partial charge in [-0.3, -0.25) is 9.69 Å². The summed E-state index contributed by atoms with van der Waals surface area (Å²) in [6.07, 6.45) is -4.24. The van der Waals surface area contributed by atoms with Gasteiger partial charge in [-0.1, -0.05) is 38.1 Å². The number of nitriles is 1. The summed E-state index contributed by atoms with van der Waals surface area (Å²) in [6, 6.07) is 16.6. The van der Waals surface area contributed by atoms with E-state index < -0.39 is 23.1 Å². The van der Waals surface area contributed by atoms with Gasteiger partial charge in [0.1, 0.15) is 24.0 Å². The van der Waals surface area contributed by atoms with E-state index in [-0.39, 0.29) is 53.7 Å². The summed E-state index contributed by atoms with van der Waals surface area (Å²) in [7, 11) is 0. The Morgan fingerprint density at radius 1 is 1.05 bits per heavy atom. The monoisotopic (exact) mass is 589 g/mol. The molecule has 0 saturated carbocycles. The fraction of sp³-hybridized carbons (Fsp3) is 0.294. The summed E-state index contributed by atoms with van der Waals surface area (Å²) in [4.78, 5) is 15.2. The Morgan fingerprint density at radius 2 is 1.72 bits per heavy atom. The van der Waals surface area contributed by atoms with Crippen LogP contribution < -0.4 is 15.4 Å². The number of rotatable bonds is 5. The lowest BCUT2D eigenvalue weighted by Gasteiger charge is -2.44. The zero-order chi connectivity index (χ0) is 31.3. The molecule has 2 N–H and O–H groups in total. The first-order chi connectivity index (χ1) is 20.2. The number of anilines is 1. The van der Waals surface area contributed by atoms with E-state index >= 15 is 0 Å². The van der Waals surface area contributed by atoms with Crippen molar-refractivity contribution in [1.82, 2.24) is 0 Å². The predicted octanol–water partition coefficient (Wildman–Crippen LogP) is 7.98. The molecule has 2 aliphatic rings. The molecule has 3 aromatic rings. The number of carbonyl (C=O) groups is 1. The number of allylic oxidation sites excluding steroid dienone is 3. The van der Waals surface area contributed by atoms with Gasteiger partial charge in [-0.05, 0) is 84.3 Å². The molecule has 0 bridgehead atoms. The van der Waals surface area contributed by atoms with Gasteiger partial charge in [0.15, 0.2) is 5.78 Å². The molecule has 222 valence electrons. The average Bonchev–Trinajstić information content (AvgIpc) is 2.92. The van der Waals surface area contributed by atoms with Crippen molar-refractivity contribution in [1.29, 1.82) is 5.26 Å². The number of hydrogen-bond donors (Lipinski definition) is 1. The highest BCUT2D eigenvalue weighted by molar-refractivity contribution is 6.02. The number of ether oxygens (including phenoxy) is 1. The van der Waals surface area contributed by atoms with Gasteiger partial charge in [-0.15, -0.1) is 0 Å². The second-order valence-corrected chi connectivity index (χ2v) is 11.9. The van der Waals surface area contributed by atoms with Gasteiger partial charge in [0.2, 0.25) is 0 Å². The number of alkyl halides is 3. The summed E-state index contributed by atoms with van der Waals surface area (Å²) in [5.41, 5.74) is 8.69. The van der Waals surface area contributed by atoms with Crippen molar-refractivity contribution in [3.05, 3.63) is 117 Å². The molecule has 0 radical (unpaired) electrons. The summed E-state index contributed by atoms with van der Waals surface area (Å²) >= 11 is 0. The smallest absolute Gasteiger partial charge is 0.418 e. The minimum atomic E-state index is -4.69. The summed E-state index contributed by atoms with van der Waals surface area (Å²) in [6.45, 7) is 7.68. The highest BCUT2D eigenvalue weighted by Crippen LogP contribution is 2.52. The van der Waals surface area contributed by atoms with E-state index in [0.29, 0.717) is 17.0 Å². The van der Waals surface area contributed by atoms with Gasteiger partial charge in [0.25, 0.3) is 0 Å². The molecule has 43 heavy (non-hydrogen) atoms. The molecule has 3 aromatic carbocycles. The second-order valence-electron chi connectivity index (χ2n) is 11.9. The summed E-state index contributed by atoms with van der Waals surface area (Å²) < 4.78 is 61.8. The number of ketones is 1. The Balaban J connectivity index is 1.70. The van der Waals surface area contributed by atoms with Crippen LogP contribution in [0.3, 0.4) is 0 Å². The Morgan fingerprint density at radius 3 is 2.37 bits per heavy atom. The number of hydrogen-bond acceptors (Lipinski definition) is 5. The highest BCUT2D eigenvalue weighted by atomic mass is 19.4. The van der Waals surface area contributed by atoms with Crippen LogP contribution in [0.25, 0.3) is 0 Å². The molecule has 5 rings (SSSR count). The van der Waals surface area contributed by atoms with Crippen molar-refractivity contribution in [2.75, 3.05) is 4.90 Å². The van der Waals surface area contributed by atoms with Gasteiger partial charge < -0.3 is 10.5 Å². The molecule has 1 aliphatic carbocycles. The summed E-state index contributed by atoms with van der Waals surface area (Å²) in [5, 5.41) is 10.4. The fourth-order valence-electron chi connectivity index (χ4n) is 6.08. The normalized spacial score (nSPS) is 18.4. The first-order valence-electron chi connectivity index (χ1n) is 13.8. The Labute approximate surface area is 247 Å². The van der Waals surface area contributed by atoms with Crippen LogP contribution in [0, 0.1) is 36.4 Å². The van der Waals surface area contributed by atoms with Gasteiger partial charge in [-0.25, -0.2) is 4.39 Å². The molecular formula is C34H31F4N3O2. The lowest BCUT2D eigenvalue weighted by Crippen LogP contribution is -2.42. The molecule has 9 heteroatoms. The van der Waals surface area contributed by atoms with Crippen molar-refractivity contribution >= 4 is 11.5 Å². The Kier molecular flexibility index (Phi) is 7.59. The third-order valence-corrected chi connectivity index (χ3v) is 8.07. The largest absolute Gasteiger partial charge is 0.489 e. The second kappa shape index (κ2) is 10.9. The molecule has 1 atom stereocenters. The number of para-hydroxylation sites is 1. The van der Waals surface area contributed by atoms with Gasteiger partial charge in [0.05, 0.1) is 28.8 Å². The van der Waals surface area contributed by atoms with Crippen LogP contribution in [0.2, 0.25) is 0 Å². The molecule has 0 saturated heterocycles. The van der Waals surface area contributed by atoms with Crippen LogP contribution in [0.4, 0.5) is 23.2 Å². The van der Waals surface area contributed by atoms with E-state index in [9.17, 15) is 27.6 Å². The van der Waals surface area contributed by atoms with E-state index in [2.05, 4.69) is 6.07 Å². The van der Waals surface area contributed by atoms with Crippen LogP contribution in [-0.4, -0.2) is 5.78 Å². The molecule has 0 amide bonds. The van der Waals surface area contributed by atoms with Crippen LogP contribution in [-0.2, 0) is 17.6 Å². The lowest BCUT2D eigenvalue weighted by atomic mass is 9.68. The van der Waals surface area contributed by atoms with Crippen molar-refractivity contribution in [2.45, 2.75) is 59.2 Å². The minimum absolute atomic E-state index is 0.00106. The maximum atomic E-state index is 14.2. The first kappa shape index (κ1) is 29.9. The van der Waals surface area contributed by atoms with E-state index in [4.69, 9.17) is 10.5 Å². The van der Waals surface area contributed by atoms with Crippen molar-refractivity contribution < 1.29 is 27.1 Å². The molecule has 1 aliphatic heterocycles. The average molecular weight is 590 g/mol. The first-order valence-corrected chi connectivity index (χ1v) is 13.8. The number of aryl methyl sites for hydroxylation is 2. The summed E-state index contributed by atoms with van der Waals surface area (Å²) in [5.74, 6) is -1.17. The Hall–Kier alpha value is -4.58. The van der Waals surface area contributed by atoms with Crippen molar-refractivity contribution in [3.63, 3.8) is 0 Å². The Bertz CT molecular complexity index is 1710. The molecule has 0 aromatic heterocycles. The number of benzene rings is 3. The van der Waals surface area contributed by atoms with Gasteiger partial charge in [0, 0.05) is 17.7 Å². The maximum Gasteiger partial charge on any atom is 0.418 e. The third-order valence-electron chi connectivity index (χ3n) is 8.07. The quantitative estimate of drug-likeness (QED) is 0.305. The van der Waals surface area contributed by atoms with E-state index in [1.54, 1.807) is 0 Å². The van der Waals surface area contributed by atoms with Crippen LogP contribution in [0.5, 0.6) is 5.75 Å². The van der Waals surface area contributed by atoms with Gasteiger partial charge in [-0.2, -0.15) is 18.4 Å². The number of Topliss-reactive ketones (excluding diaryl/α,β-unsaturated/α-hetero) is 1. The fourth-order valence-corrected chi connectivity index (χ4v) is 6.08. The molecule has 1 unspecified atom stereocenters. The molecule has 0 spiro atoms.